The average molecular weight is 401 g/mol. The molecule has 7 heteroatoms. The van der Waals surface area contributed by atoms with Gasteiger partial charge < -0.3 is 14.0 Å². The van der Waals surface area contributed by atoms with Crippen molar-refractivity contribution in [1.82, 2.24) is 4.57 Å². The van der Waals surface area contributed by atoms with Crippen molar-refractivity contribution in [2.24, 2.45) is 4.99 Å². The molecule has 0 fully saturated rings. The smallest absolute Gasteiger partial charge is 0.252 e. The van der Waals surface area contributed by atoms with Crippen molar-refractivity contribution in [2.75, 3.05) is 14.2 Å². The number of aromatic nitrogens is 1. The van der Waals surface area contributed by atoms with E-state index < -0.39 is 0 Å². The van der Waals surface area contributed by atoms with Gasteiger partial charge in [0.2, 0.25) is 0 Å². The molecular weight excluding hydrogens is 384 g/mol. The van der Waals surface area contributed by atoms with Gasteiger partial charge in [0, 0.05) is 17.2 Å². The van der Waals surface area contributed by atoms with Crippen molar-refractivity contribution in [3.63, 3.8) is 0 Å². The maximum Gasteiger partial charge on any atom is 0.252 e. The molecule has 1 aromatic heterocycles. The summed E-state index contributed by atoms with van der Waals surface area (Å²) in [4.78, 5) is 17.3. The molecule has 0 aliphatic rings. The summed E-state index contributed by atoms with van der Waals surface area (Å²) in [5, 5.41) is 0.545. The second kappa shape index (κ2) is 8.30. The lowest BCUT2D eigenvalue weighted by atomic mass is 10.1. The van der Waals surface area contributed by atoms with Crippen LogP contribution in [-0.2, 0) is 17.8 Å². The summed E-state index contributed by atoms with van der Waals surface area (Å²) in [5.41, 5.74) is 1.57. The van der Waals surface area contributed by atoms with Gasteiger partial charge in [-0.2, -0.15) is 4.99 Å². The minimum atomic E-state index is -0.292. The Morgan fingerprint density at radius 3 is 2.63 bits per heavy atom. The number of benzene rings is 2. The fraction of sp³-hybridized carbons (Fsp3) is 0.200. The molecule has 0 atom stereocenters. The number of rotatable bonds is 5. The highest BCUT2D eigenvalue weighted by molar-refractivity contribution is 7.16. The second-order valence-electron chi connectivity index (χ2n) is 5.62. The monoisotopic (exact) mass is 400 g/mol. The van der Waals surface area contributed by atoms with Gasteiger partial charge in [0.05, 0.1) is 37.4 Å². The molecule has 0 saturated heterocycles. The Bertz CT molecular complexity index is 1110. The highest BCUT2D eigenvalue weighted by Crippen LogP contribution is 2.33. The number of amides is 1. The first-order valence-corrected chi connectivity index (χ1v) is 9.26. The maximum absolute atomic E-state index is 12.5. The highest BCUT2D eigenvalue weighted by atomic mass is 35.5. The first kappa shape index (κ1) is 19.0. The minimum Gasteiger partial charge on any atom is -0.493 e. The Balaban J connectivity index is 2.08. The van der Waals surface area contributed by atoms with Crippen LogP contribution in [0.1, 0.15) is 5.56 Å². The van der Waals surface area contributed by atoms with E-state index in [1.54, 1.807) is 20.3 Å². The van der Waals surface area contributed by atoms with E-state index in [2.05, 4.69) is 10.9 Å². The SMILES string of the molecule is C#CCn1c(=NC(=O)Cc2ccccc2Cl)sc2cc(OC)c(OC)cc21. The summed E-state index contributed by atoms with van der Waals surface area (Å²) in [7, 11) is 3.14. The molecule has 27 heavy (non-hydrogen) atoms. The van der Waals surface area contributed by atoms with E-state index in [-0.39, 0.29) is 18.9 Å². The van der Waals surface area contributed by atoms with Gasteiger partial charge in [-0.3, -0.25) is 4.79 Å². The number of terminal acetylenes is 1. The normalized spacial score (nSPS) is 11.4. The summed E-state index contributed by atoms with van der Waals surface area (Å²) in [6.07, 6.45) is 5.64. The zero-order valence-electron chi connectivity index (χ0n) is 14.9. The van der Waals surface area contributed by atoms with E-state index in [1.165, 1.54) is 11.3 Å². The van der Waals surface area contributed by atoms with E-state index in [0.717, 1.165) is 15.8 Å². The quantitative estimate of drug-likeness (QED) is 0.614. The van der Waals surface area contributed by atoms with Crippen LogP contribution in [0.2, 0.25) is 5.02 Å². The lowest BCUT2D eigenvalue weighted by molar-refractivity contribution is -0.117. The molecule has 0 spiro atoms. The molecule has 3 rings (SSSR count). The summed E-state index contributed by atoms with van der Waals surface area (Å²) < 4.78 is 13.4. The Hall–Kier alpha value is -2.75. The Kier molecular flexibility index (Phi) is 5.84. The zero-order valence-corrected chi connectivity index (χ0v) is 16.4. The van der Waals surface area contributed by atoms with Gasteiger partial charge in [0.25, 0.3) is 5.91 Å². The van der Waals surface area contributed by atoms with Gasteiger partial charge in [-0.15, -0.1) is 6.42 Å². The van der Waals surface area contributed by atoms with Crippen molar-refractivity contribution >= 4 is 39.1 Å². The summed E-state index contributed by atoms with van der Waals surface area (Å²) in [5.74, 6) is 3.50. The molecule has 2 aromatic carbocycles. The number of halogens is 1. The topological polar surface area (TPSA) is 52.8 Å². The van der Waals surface area contributed by atoms with Crippen LogP contribution in [0.25, 0.3) is 10.2 Å². The molecule has 0 saturated carbocycles. The molecule has 3 aromatic rings. The van der Waals surface area contributed by atoms with E-state index in [1.807, 2.05) is 34.9 Å². The molecule has 0 aliphatic carbocycles. The molecule has 1 heterocycles. The maximum atomic E-state index is 12.5. The van der Waals surface area contributed by atoms with Crippen LogP contribution in [0.3, 0.4) is 0 Å². The number of carbonyl (C=O) groups is 1. The second-order valence-corrected chi connectivity index (χ2v) is 7.04. The Morgan fingerprint density at radius 2 is 1.96 bits per heavy atom. The number of methoxy groups -OCH3 is 2. The third-order valence-corrected chi connectivity index (χ3v) is 5.37. The van der Waals surface area contributed by atoms with Crippen LogP contribution in [0.5, 0.6) is 11.5 Å². The largest absolute Gasteiger partial charge is 0.493 e. The van der Waals surface area contributed by atoms with Gasteiger partial charge in [-0.25, -0.2) is 0 Å². The molecular formula is C20H17ClN2O3S. The molecule has 0 bridgehead atoms. The van der Waals surface area contributed by atoms with Gasteiger partial charge in [0.15, 0.2) is 16.3 Å². The number of nitrogens with zero attached hydrogens (tertiary/aromatic N) is 2. The predicted octanol–water partition coefficient (Wildman–Crippen LogP) is 3.68. The lowest BCUT2D eigenvalue weighted by Gasteiger charge is -2.08. The van der Waals surface area contributed by atoms with E-state index >= 15 is 0 Å². The number of hydrogen-bond donors (Lipinski definition) is 0. The van der Waals surface area contributed by atoms with Crippen LogP contribution < -0.4 is 14.3 Å². The van der Waals surface area contributed by atoms with Gasteiger partial charge in [0.1, 0.15) is 0 Å². The highest BCUT2D eigenvalue weighted by Gasteiger charge is 2.13. The molecule has 1 amide bonds. The summed E-state index contributed by atoms with van der Waals surface area (Å²) in [6.45, 7) is 0.285. The Morgan fingerprint density at radius 1 is 1.26 bits per heavy atom. The molecule has 0 radical (unpaired) electrons. The minimum absolute atomic E-state index is 0.122. The number of hydrogen-bond acceptors (Lipinski definition) is 4. The fourth-order valence-electron chi connectivity index (χ4n) is 2.68. The number of ether oxygens (including phenoxy) is 2. The summed E-state index contributed by atoms with van der Waals surface area (Å²) >= 11 is 7.50. The van der Waals surface area contributed by atoms with Crippen LogP contribution >= 0.6 is 22.9 Å². The van der Waals surface area contributed by atoms with Gasteiger partial charge >= 0.3 is 0 Å². The Labute approximate surface area is 165 Å². The van der Waals surface area contributed by atoms with Crippen molar-refractivity contribution in [2.45, 2.75) is 13.0 Å². The fourth-order valence-corrected chi connectivity index (χ4v) is 3.94. The standard InChI is InChI=1S/C20H17ClN2O3S/c1-4-9-23-15-11-16(25-2)17(26-3)12-18(15)27-20(23)22-19(24)10-13-7-5-6-8-14(13)21/h1,5-8,11-12H,9-10H2,2-3H3. The predicted molar refractivity (Wildman–Crippen MR) is 107 cm³/mol. The van der Waals surface area contributed by atoms with E-state index in [0.29, 0.717) is 21.3 Å². The first-order valence-electron chi connectivity index (χ1n) is 8.07. The van der Waals surface area contributed by atoms with E-state index in [4.69, 9.17) is 27.5 Å². The lowest BCUT2D eigenvalue weighted by Crippen LogP contribution is -2.17. The molecule has 5 nitrogen and oxygen atoms in total. The number of fused-ring (bicyclic) bond motifs is 1. The first-order chi connectivity index (χ1) is 13.1. The van der Waals surface area contributed by atoms with Crippen molar-refractivity contribution in [1.29, 1.82) is 0 Å². The van der Waals surface area contributed by atoms with Crippen LogP contribution in [0.4, 0.5) is 0 Å². The van der Waals surface area contributed by atoms with Crippen LogP contribution in [-0.4, -0.2) is 24.7 Å². The van der Waals surface area contributed by atoms with Crippen LogP contribution in [0.15, 0.2) is 41.4 Å². The van der Waals surface area contributed by atoms with Gasteiger partial charge in [-0.05, 0) is 11.6 Å². The third kappa shape index (κ3) is 4.00. The molecule has 138 valence electrons. The van der Waals surface area contributed by atoms with Gasteiger partial charge in [-0.1, -0.05) is 47.1 Å². The molecule has 0 aliphatic heterocycles. The van der Waals surface area contributed by atoms with Crippen LogP contribution in [0, 0.1) is 12.3 Å². The third-order valence-electron chi connectivity index (χ3n) is 3.96. The summed E-state index contributed by atoms with van der Waals surface area (Å²) in [6, 6.07) is 10.9. The number of carbonyl (C=O) groups excluding carboxylic acids is 1. The zero-order chi connectivity index (χ0) is 19.4. The average Bonchev–Trinajstić information content (AvgIpc) is 2.98. The molecule has 0 unspecified atom stereocenters. The molecule has 0 N–H and O–H groups in total. The van der Waals surface area contributed by atoms with E-state index in [9.17, 15) is 4.79 Å². The van der Waals surface area contributed by atoms with Crippen molar-refractivity contribution in [3.8, 4) is 23.8 Å². The van der Waals surface area contributed by atoms with Crippen molar-refractivity contribution < 1.29 is 14.3 Å². The number of thiazole rings is 1. The van der Waals surface area contributed by atoms with Crippen molar-refractivity contribution in [3.05, 3.63) is 51.8 Å².